The number of esters is 2. The summed E-state index contributed by atoms with van der Waals surface area (Å²) in [7, 11) is 6.09. The highest BCUT2D eigenvalue weighted by molar-refractivity contribution is 5.76. The van der Waals surface area contributed by atoms with Crippen LogP contribution in [0, 0.1) is 0 Å². The molecule has 0 heterocycles. The van der Waals surface area contributed by atoms with E-state index in [1.54, 1.807) is 0 Å². The van der Waals surface area contributed by atoms with Gasteiger partial charge in [-0.2, -0.15) is 0 Å². The quantitative estimate of drug-likeness (QED) is 0.0352. The van der Waals surface area contributed by atoms with Gasteiger partial charge in [-0.15, -0.1) is 0 Å². The van der Waals surface area contributed by atoms with Gasteiger partial charge in [0.05, 0.1) is 34.2 Å². The molecule has 0 aromatic heterocycles. The van der Waals surface area contributed by atoms with Crippen molar-refractivity contribution in [3.05, 3.63) is 0 Å². The Balaban J connectivity index is 4.59. The van der Waals surface area contributed by atoms with E-state index in [-0.39, 0.29) is 30.5 Å². The maximum Gasteiger partial charge on any atom is 0.364 e. The zero-order valence-electron chi connectivity index (χ0n) is 37.8. The fourth-order valence-corrected chi connectivity index (χ4v) is 7.87. The molecule has 0 unspecified atom stereocenters. The third-order valence-corrected chi connectivity index (χ3v) is 11.6. The summed E-state index contributed by atoms with van der Waals surface area (Å²) in [5.74, 6) is -0.311. The summed E-state index contributed by atoms with van der Waals surface area (Å²) < 4.78 is 12.4. The van der Waals surface area contributed by atoms with Crippen LogP contribution in [-0.4, -0.2) is 56.3 Å². The van der Waals surface area contributed by atoms with Crippen molar-refractivity contribution in [1.29, 1.82) is 0 Å². The molecule has 322 valence electrons. The Hall–Kier alpha value is -1.10. The zero-order valence-corrected chi connectivity index (χ0v) is 37.8. The molecule has 0 aliphatic heterocycles. The van der Waals surface area contributed by atoms with Gasteiger partial charge in [-0.1, -0.05) is 220 Å². The molecule has 0 amide bonds. The Morgan fingerprint density at radius 1 is 0.407 bits per heavy atom. The third-order valence-electron chi connectivity index (χ3n) is 11.6. The topological polar surface area (TPSA) is 52.6 Å². The molecular weight excluding hydrogens is 667 g/mol. The fourth-order valence-electron chi connectivity index (χ4n) is 7.87. The number of unbranched alkanes of at least 4 members (excludes halogenated alkanes) is 31. The van der Waals surface area contributed by atoms with Crippen LogP contribution in [0.15, 0.2) is 0 Å². The van der Waals surface area contributed by atoms with E-state index in [4.69, 9.17) is 9.47 Å². The Kier molecular flexibility index (Phi) is 39.3. The highest BCUT2D eigenvalue weighted by atomic mass is 16.5. The van der Waals surface area contributed by atoms with Crippen molar-refractivity contribution >= 4 is 11.9 Å². The minimum Gasteiger partial charge on any atom is -0.462 e. The smallest absolute Gasteiger partial charge is 0.364 e. The van der Waals surface area contributed by atoms with E-state index in [1.807, 2.05) is 21.1 Å². The molecule has 0 aliphatic carbocycles. The maximum absolute atomic E-state index is 13.2. The monoisotopic (exact) mass is 765 g/mol. The molecule has 0 radical (unpaired) electrons. The van der Waals surface area contributed by atoms with Crippen LogP contribution in [0.1, 0.15) is 265 Å². The van der Waals surface area contributed by atoms with Gasteiger partial charge in [0.1, 0.15) is 6.10 Å². The van der Waals surface area contributed by atoms with E-state index in [9.17, 15) is 9.59 Å². The van der Waals surface area contributed by atoms with Crippen molar-refractivity contribution in [1.82, 2.24) is 0 Å². The van der Waals surface area contributed by atoms with Crippen LogP contribution in [0.3, 0.4) is 0 Å². The summed E-state index contributed by atoms with van der Waals surface area (Å²) in [5.41, 5.74) is 0. The molecule has 1 atom stereocenters. The van der Waals surface area contributed by atoms with Crippen LogP contribution < -0.4 is 0 Å². The van der Waals surface area contributed by atoms with Gasteiger partial charge in [-0.25, -0.2) is 4.79 Å². The normalized spacial score (nSPS) is 12.4. The lowest BCUT2D eigenvalue weighted by molar-refractivity contribution is -0.887. The number of ether oxygens (including phenoxy) is 2. The Morgan fingerprint density at radius 2 is 0.704 bits per heavy atom. The van der Waals surface area contributed by atoms with Crippen LogP contribution in [0.2, 0.25) is 0 Å². The number of quaternary nitrogens is 1. The molecule has 0 bridgehead atoms. The first-order chi connectivity index (χ1) is 26.3. The summed E-state index contributed by atoms with van der Waals surface area (Å²) in [6.45, 7) is 7.32. The van der Waals surface area contributed by atoms with Crippen LogP contribution in [-0.2, 0) is 19.1 Å². The molecule has 5 nitrogen and oxygen atoms in total. The minimum atomic E-state index is -0.355. The predicted octanol–water partition coefficient (Wildman–Crippen LogP) is 15.4. The molecule has 0 saturated carbocycles. The molecule has 0 N–H and O–H groups in total. The molecular formula is C49H98NO4+. The van der Waals surface area contributed by atoms with Gasteiger partial charge < -0.3 is 14.0 Å². The summed E-state index contributed by atoms with van der Waals surface area (Å²) >= 11 is 0. The lowest BCUT2D eigenvalue weighted by Crippen LogP contribution is -2.50. The number of hydrogen-bond acceptors (Lipinski definition) is 4. The van der Waals surface area contributed by atoms with Crippen LogP contribution >= 0.6 is 0 Å². The highest BCUT2D eigenvalue weighted by Crippen LogP contribution is 2.21. The Labute approximate surface area is 339 Å². The van der Waals surface area contributed by atoms with E-state index < -0.39 is 0 Å². The van der Waals surface area contributed by atoms with Crippen molar-refractivity contribution in [2.45, 2.75) is 277 Å². The van der Waals surface area contributed by atoms with E-state index >= 15 is 0 Å². The number of carbonyl (C=O) groups excluding carboxylic acids is 2. The first kappa shape index (κ1) is 52.9. The standard InChI is InChI=1S/C49H98NO4/c1-7-10-13-16-19-22-25-27-29-32-35-38-41-46(42-39-36-33-30-28-26-23-20-17-14-11-8-2)54-48(51)44-43-47(50(4,5)6)49(52)53-45-40-37-34-31-24-21-18-15-12-9-3/h46-47H,7-45H2,1-6H3/q+1/t47-/m0/s1. The largest absolute Gasteiger partial charge is 0.462 e. The first-order valence-corrected chi connectivity index (χ1v) is 24.4. The number of likely N-dealkylation sites (N-methyl/N-ethyl adjacent to an activating group) is 1. The lowest BCUT2D eigenvalue weighted by atomic mass is 10.0. The fraction of sp³-hybridized carbons (Fsp3) is 0.959. The van der Waals surface area contributed by atoms with Crippen molar-refractivity contribution in [3.63, 3.8) is 0 Å². The molecule has 0 aromatic rings. The third kappa shape index (κ3) is 36.5. The van der Waals surface area contributed by atoms with Gasteiger partial charge in [0.2, 0.25) is 0 Å². The predicted molar refractivity (Wildman–Crippen MR) is 235 cm³/mol. The van der Waals surface area contributed by atoms with Gasteiger partial charge in [-0.3, -0.25) is 4.79 Å². The van der Waals surface area contributed by atoms with Crippen molar-refractivity contribution in [2.75, 3.05) is 27.7 Å². The number of nitrogens with zero attached hydrogens (tertiary/aromatic N) is 1. The Bertz CT molecular complexity index is 765. The van der Waals surface area contributed by atoms with Gasteiger partial charge in [0.15, 0.2) is 6.04 Å². The number of rotatable bonds is 43. The average molecular weight is 765 g/mol. The van der Waals surface area contributed by atoms with E-state index in [0.717, 1.165) is 38.5 Å². The van der Waals surface area contributed by atoms with Crippen molar-refractivity contribution in [3.8, 4) is 0 Å². The molecule has 0 aromatic carbocycles. The molecule has 0 aliphatic rings. The molecule has 0 spiro atoms. The van der Waals surface area contributed by atoms with Gasteiger partial charge >= 0.3 is 11.9 Å². The van der Waals surface area contributed by atoms with Crippen LogP contribution in [0.4, 0.5) is 0 Å². The van der Waals surface area contributed by atoms with E-state index in [2.05, 4.69) is 20.8 Å². The van der Waals surface area contributed by atoms with Crippen LogP contribution in [0.25, 0.3) is 0 Å². The molecule has 0 saturated heterocycles. The molecule has 0 fully saturated rings. The first-order valence-electron chi connectivity index (χ1n) is 24.4. The number of hydrogen-bond donors (Lipinski definition) is 0. The summed E-state index contributed by atoms with van der Waals surface area (Å²) in [4.78, 5) is 26.4. The maximum atomic E-state index is 13.2. The van der Waals surface area contributed by atoms with Crippen molar-refractivity contribution in [2.24, 2.45) is 0 Å². The Morgan fingerprint density at radius 3 is 1.02 bits per heavy atom. The molecule has 5 heteroatoms. The number of carbonyl (C=O) groups is 2. The van der Waals surface area contributed by atoms with Gasteiger partial charge in [0, 0.05) is 6.42 Å². The van der Waals surface area contributed by atoms with Gasteiger partial charge in [-0.05, 0) is 32.1 Å². The average Bonchev–Trinajstić information content (AvgIpc) is 3.14. The van der Waals surface area contributed by atoms with E-state index in [1.165, 1.54) is 193 Å². The second-order valence-electron chi connectivity index (χ2n) is 18.0. The SMILES string of the molecule is CCCCCCCCCCCCCCC(CCCCCCCCCCCCCC)OC(=O)CC[C@@H](C(=O)OCCCCCCCCCCCC)[N+](C)(C)C. The minimum absolute atomic E-state index is 0.00890. The summed E-state index contributed by atoms with van der Waals surface area (Å²) in [6.07, 6.45) is 47.5. The second kappa shape index (κ2) is 40.1. The second-order valence-corrected chi connectivity index (χ2v) is 18.0. The van der Waals surface area contributed by atoms with Gasteiger partial charge in [0.25, 0.3) is 0 Å². The lowest BCUT2D eigenvalue weighted by Gasteiger charge is -2.32. The summed E-state index contributed by atoms with van der Waals surface area (Å²) in [5, 5.41) is 0. The molecule has 54 heavy (non-hydrogen) atoms. The van der Waals surface area contributed by atoms with Crippen molar-refractivity contribution < 1.29 is 23.5 Å². The summed E-state index contributed by atoms with van der Waals surface area (Å²) in [6, 6.07) is -0.355. The van der Waals surface area contributed by atoms with Crippen LogP contribution in [0.5, 0.6) is 0 Å². The zero-order chi connectivity index (χ0) is 39.8. The van der Waals surface area contributed by atoms with E-state index in [0.29, 0.717) is 17.5 Å². The highest BCUT2D eigenvalue weighted by Gasteiger charge is 2.34. The molecule has 0 rings (SSSR count).